The molecule has 11 heteroatoms. The van der Waals surface area contributed by atoms with Crippen LogP contribution in [0.15, 0.2) is 29.4 Å². The summed E-state index contributed by atoms with van der Waals surface area (Å²) in [5, 5.41) is 23.9. The number of amides is 2. The highest BCUT2D eigenvalue weighted by Crippen LogP contribution is 2.44. The van der Waals surface area contributed by atoms with Gasteiger partial charge in [0.2, 0.25) is 5.91 Å². The molecule has 0 aromatic heterocycles. The van der Waals surface area contributed by atoms with E-state index in [2.05, 4.69) is 10.5 Å². The Morgan fingerprint density at radius 3 is 2.46 bits per heavy atom. The Labute approximate surface area is 218 Å². The number of hydrogen-bond acceptors (Lipinski definition) is 9. The number of thioether (sulfide) groups is 1. The summed E-state index contributed by atoms with van der Waals surface area (Å²) < 4.78 is 18.0. The molecular formula is C26H28N2O8S. The van der Waals surface area contributed by atoms with Crippen LogP contribution in [-0.2, 0) is 16.0 Å². The summed E-state index contributed by atoms with van der Waals surface area (Å²) in [6.07, 6.45) is 0.685. The molecule has 2 aromatic carbocycles. The Balaban J connectivity index is 1.49. The van der Waals surface area contributed by atoms with Crippen LogP contribution in [0.25, 0.3) is 0 Å². The Morgan fingerprint density at radius 1 is 1.16 bits per heavy atom. The Kier molecular flexibility index (Phi) is 7.35. The molecule has 1 fully saturated rings. The molecule has 2 aromatic rings. The number of carbonyl (C=O) groups is 3. The summed E-state index contributed by atoms with van der Waals surface area (Å²) in [5.41, 5.74) is 3.17. The number of carboxylic acid groups (broad SMARTS) is 1. The molecule has 196 valence electrons. The van der Waals surface area contributed by atoms with E-state index in [1.807, 2.05) is 32.9 Å². The van der Waals surface area contributed by atoms with E-state index in [9.17, 15) is 19.6 Å². The lowest BCUT2D eigenvalue weighted by Crippen LogP contribution is -2.45. The van der Waals surface area contributed by atoms with E-state index in [1.165, 1.54) is 0 Å². The third-order valence-corrected chi connectivity index (χ3v) is 7.46. The number of fused-ring (bicyclic) bond motifs is 1. The minimum absolute atomic E-state index is 0.162. The first-order valence-corrected chi connectivity index (χ1v) is 12.5. The Morgan fingerprint density at radius 2 is 1.86 bits per heavy atom. The fourth-order valence-corrected chi connectivity index (χ4v) is 5.37. The second-order valence-electron chi connectivity index (χ2n) is 9.39. The SMILES string of the molecule is Cc1c(C)c2c(c(C)c1OCC(=O)O)C(=NO)CC(C)(COc1ccc(CC3SC(=O)NC3=O)cc1)O2. The molecule has 0 saturated carbocycles. The van der Waals surface area contributed by atoms with Crippen LogP contribution >= 0.6 is 11.8 Å². The van der Waals surface area contributed by atoms with Crippen LogP contribution < -0.4 is 19.5 Å². The molecule has 2 aliphatic rings. The number of imide groups is 1. The first kappa shape index (κ1) is 26.3. The van der Waals surface area contributed by atoms with Crippen molar-refractivity contribution < 1.29 is 38.9 Å². The fourth-order valence-electron chi connectivity index (χ4n) is 4.51. The highest BCUT2D eigenvalue weighted by molar-refractivity contribution is 8.15. The van der Waals surface area contributed by atoms with Crippen LogP contribution in [0.2, 0.25) is 0 Å². The molecular weight excluding hydrogens is 500 g/mol. The summed E-state index contributed by atoms with van der Waals surface area (Å²) in [6.45, 7) is 6.99. The average Bonchev–Trinajstić information content (AvgIpc) is 3.17. The molecule has 0 bridgehead atoms. The van der Waals surface area contributed by atoms with Crippen LogP contribution in [0, 0.1) is 20.8 Å². The van der Waals surface area contributed by atoms with Gasteiger partial charge in [-0.3, -0.25) is 14.9 Å². The molecule has 0 radical (unpaired) electrons. The predicted octanol–water partition coefficient (Wildman–Crippen LogP) is 3.77. The molecule has 10 nitrogen and oxygen atoms in total. The number of carboxylic acids is 1. The third-order valence-electron chi connectivity index (χ3n) is 6.48. The summed E-state index contributed by atoms with van der Waals surface area (Å²) in [7, 11) is 0. The van der Waals surface area contributed by atoms with Crippen molar-refractivity contribution in [1.29, 1.82) is 0 Å². The smallest absolute Gasteiger partial charge is 0.341 e. The van der Waals surface area contributed by atoms with Gasteiger partial charge in [0.1, 0.15) is 29.5 Å². The average molecular weight is 529 g/mol. The standard InChI is InChI=1S/C26H28N2O8S/c1-13-14(2)23-21(15(3)22(13)34-11-20(29)30)18(28-33)10-26(4,36-23)12-35-17-7-5-16(6-8-17)9-19-24(31)27-25(32)37-19/h5-8,19,33H,9-12H2,1-4H3,(H,29,30)(H,27,31,32). The van der Waals surface area contributed by atoms with Gasteiger partial charge in [-0.25, -0.2) is 4.79 Å². The number of aliphatic carboxylic acids is 1. The first-order valence-electron chi connectivity index (χ1n) is 11.6. The maximum absolute atomic E-state index is 11.8. The predicted molar refractivity (Wildman–Crippen MR) is 136 cm³/mol. The molecule has 2 amide bonds. The minimum atomic E-state index is -1.09. The topological polar surface area (TPSA) is 144 Å². The largest absolute Gasteiger partial charge is 0.489 e. The minimum Gasteiger partial charge on any atom is -0.489 e. The number of hydrogen-bond donors (Lipinski definition) is 3. The van der Waals surface area contributed by atoms with Gasteiger partial charge in [-0.1, -0.05) is 29.1 Å². The molecule has 4 rings (SSSR count). The lowest BCUT2D eigenvalue weighted by Gasteiger charge is -2.38. The lowest BCUT2D eigenvalue weighted by molar-refractivity contribution is -0.139. The third kappa shape index (κ3) is 5.51. The van der Waals surface area contributed by atoms with E-state index < -0.39 is 23.4 Å². The van der Waals surface area contributed by atoms with Crippen LogP contribution in [-0.4, -0.2) is 57.2 Å². The molecule has 0 aliphatic carbocycles. The van der Waals surface area contributed by atoms with Gasteiger partial charge in [0, 0.05) is 17.5 Å². The molecule has 37 heavy (non-hydrogen) atoms. The van der Waals surface area contributed by atoms with E-state index in [-0.39, 0.29) is 24.2 Å². The van der Waals surface area contributed by atoms with E-state index in [4.69, 9.17) is 19.3 Å². The van der Waals surface area contributed by atoms with Crippen molar-refractivity contribution in [3.05, 3.63) is 52.1 Å². The summed E-state index contributed by atoms with van der Waals surface area (Å²) in [4.78, 5) is 34.2. The second-order valence-corrected chi connectivity index (χ2v) is 10.6. The van der Waals surface area contributed by atoms with Crippen molar-refractivity contribution in [1.82, 2.24) is 5.32 Å². The van der Waals surface area contributed by atoms with Gasteiger partial charge >= 0.3 is 5.97 Å². The van der Waals surface area contributed by atoms with E-state index in [0.29, 0.717) is 40.5 Å². The van der Waals surface area contributed by atoms with E-state index in [0.717, 1.165) is 28.5 Å². The Hall–Kier alpha value is -3.73. The zero-order valence-electron chi connectivity index (χ0n) is 20.9. The van der Waals surface area contributed by atoms with Crippen molar-refractivity contribution in [2.24, 2.45) is 5.16 Å². The molecule has 1 saturated heterocycles. The monoisotopic (exact) mass is 528 g/mol. The summed E-state index contributed by atoms with van der Waals surface area (Å²) in [5.74, 6) is 0.210. The summed E-state index contributed by atoms with van der Waals surface area (Å²) >= 11 is 0.993. The van der Waals surface area contributed by atoms with Crippen molar-refractivity contribution >= 4 is 34.6 Å². The summed E-state index contributed by atoms with van der Waals surface area (Å²) in [6, 6.07) is 7.28. The number of benzene rings is 2. The zero-order chi connectivity index (χ0) is 26.9. The van der Waals surface area contributed by atoms with Gasteiger partial charge < -0.3 is 24.5 Å². The van der Waals surface area contributed by atoms with Crippen LogP contribution in [0.3, 0.4) is 0 Å². The van der Waals surface area contributed by atoms with Gasteiger partial charge in [0.25, 0.3) is 5.24 Å². The van der Waals surface area contributed by atoms with Crippen molar-refractivity contribution in [3.63, 3.8) is 0 Å². The highest BCUT2D eigenvalue weighted by atomic mass is 32.2. The second kappa shape index (κ2) is 10.3. The number of nitrogens with one attached hydrogen (secondary N) is 1. The van der Waals surface area contributed by atoms with Crippen molar-refractivity contribution in [2.75, 3.05) is 13.2 Å². The number of ether oxygens (including phenoxy) is 3. The lowest BCUT2D eigenvalue weighted by atomic mass is 9.86. The van der Waals surface area contributed by atoms with Gasteiger partial charge in [0.05, 0.1) is 11.0 Å². The van der Waals surface area contributed by atoms with Gasteiger partial charge in [-0.15, -0.1) is 0 Å². The first-order chi connectivity index (χ1) is 17.5. The molecule has 3 N–H and O–H groups in total. The fraction of sp³-hybridized carbons (Fsp3) is 0.385. The molecule has 2 atom stereocenters. The molecule has 2 heterocycles. The zero-order valence-corrected chi connectivity index (χ0v) is 21.7. The maximum Gasteiger partial charge on any atom is 0.341 e. The van der Waals surface area contributed by atoms with Crippen LogP contribution in [0.1, 0.15) is 41.2 Å². The van der Waals surface area contributed by atoms with E-state index in [1.54, 1.807) is 19.1 Å². The maximum atomic E-state index is 11.8. The van der Waals surface area contributed by atoms with Crippen molar-refractivity contribution in [2.45, 2.75) is 51.4 Å². The van der Waals surface area contributed by atoms with Gasteiger partial charge in [0.15, 0.2) is 6.61 Å². The normalized spacial score (nSPS) is 21.8. The highest BCUT2D eigenvalue weighted by Gasteiger charge is 2.40. The number of oxime groups is 1. The molecule has 2 aliphatic heterocycles. The Bertz CT molecular complexity index is 1290. The molecule has 0 spiro atoms. The van der Waals surface area contributed by atoms with E-state index >= 15 is 0 Å². The quantitative estimate of drug-likeness (QED) is 0.344. The van der Waals surface area contributed by atoms with Gasteiger partial charge in [-0.2, -0.15) is 0 Å². The number of nitrogens with zero attached hydrogens (tertiary/aromatic N) is 1. The number of rotatable bonds is 8. The van der Waals surface area contributed by atoms with Crippen LogP contribution in [0.4, 0.5) is 4.79 Å². The van der Waals surface area contributed by atoms with Crippen molar-refractivity contribution in [3.8, 4) is 17.2 Å². The van der Waals surface area contributed by atoms with Gasteiger partial charge in [-0.05, 0) is 62.9 Å². The molecule has 2 unspecified atom stereocenters. The number of carbonyl (C=O) groups excluding carboxylic acids is 2. The van der Waals surface area contributed by atoms with Crippen LogP contribution in [0.5, 0.6) is 17.2 Å².